The molecule has 262 valence electrons. The fraction of sp³-hybridized carbons (Fsp3) is 0. The summed E-state index contributed by atoms with van der Waals surface area (Å²) in [5.41, 5.74) is 12.8. The molecule has 0 aliphatic rings. The third kappa shape index (κ3) is 5.39. The Balaban J connectivity index is 1.20. The lowest BCUT2D eigenvalue weighted by Crippen LogP contribution is -1.99. The van der Waals surface area contributed by atoms with Crippen LogP contribution in [0.4, 0.5) is 0 Å². The zero-order chi connectivity index (χ0) is 37.0. The van der Waals surface area contributed by atoms with Crippen molar-refractivity contribution in [1.29, 1.82) is 0 Å². The van der Waals surface area contributed by atoms with E-state index in [0.717, 1.165) is 56.1 Å². The SMILES string of the molecule is c1ccc(-c2cc(-c3nc(-c4ccccc4)cc(-c4ccccc4)n3)cc(-n3c4ccccc4c4ccc5cc6c(ccn6-c6ccccc6)cc5c43)c2)cc1. The maximum absolute atomic E-state index is 5.27. The summed E-state index contributed by atoms with van der Waals surface area (Å²) in [6.45, 7) is 0. The normalized spacial score (nSPS) is 11.6. The second-order valence-corrected chi connectivity index (χ2v) is 14.3. The highest BCUT2D eigenvalue weighted by molar-refractivity contribution is 6.20. The number of rotatable bonds is 6. The zero-order valence-electron chi connectivity index (χ0n) is 30.4. The van der Waals surface area contributed by atoms with E-state index in [2.05, 4.69) is 203 Å². The van der Waals surface area contributed by atoms with Crippen molar-refractivity contribution in [3.8, 4) is 56.4 Å². The molecule has 0 amide bonds. The summed E-state index contributed by atoms with van der Waals surface area (Å²) in [5.74, 6) is 0.679. The van der Waals surface area contributed by atoms with Gasteiger partial charge in [-0.2, -0.15) is 0 Å². The first-order valence-electron chi connectivity index (χ1n) is 19.0. The lowest BCUT2D eigenvalue weighted by atomic mass is 10.0. The van der Waals surface area contributed by atoms with E-state index in [1.807, 2.05) is 12.1 Å². The van der Waals surface area contributed by atoms with Crippen LogP contribution in [0.2, 0.25) is 0 Å². The molecule has 0 atom stereocenters. The van der Waals surface area contributed by atoms with Crippen molar-refractivity contribution in [2.75, 3.05) is 0 Å². The highest BCUT2D eigenvalue weighted by Crippen LogP contribution is 2.40. The summed E-state index contributed by atoms with van der Waals surface area (Å²) in [7, 11) is 0. The monoisotopic (exact) mass is 714 g/mol. The van der Waals surface area contributed by atoms with Crippen molar-refractivity contribution in [3.05, 3.63) is 206 Å². The van der Waals surface area contributed by atoms with Gasteiger partial charge in [-0.25, -0.2) is 9.97 Å². The van der Waals surface area contributed by atoms with Crippen molar-refractivity contribution in [2.45, 2.75) is 0 Å². The molecular weight excluding hydrogens is 681 g/mol. The van der Waals surface area contributed by atoms with Crippen LogP contribution in [0.25, 0.3) is 99.9 Å². The summed E-state index contributed by atoms with van der Waals surface area (Å²) in [4.78, 5) is 10.5. The Bertz CT molecular complexity index is 3160. The van der Waals surface area contributed by atoms with Gasteiger partial charge in [0.15, 0.2) is 5.82 Å². The van der Waals surface area contributed by atoms with Gasteiger partial charge in [-0.05, 0) is 77.2 Å². The quantitative estimate of drug-likeness (QED) is 0.172. The van der Waals surface area contributed by atoms with E-state index in [4.69, 9.17) is 9.97 Å². The number of hydrogen-bond donors (Lipinski definition) is 0. The first-order valence-corrected chi connectivity index (χ1v) is 19.0. The third-order valence-corrected chi connectivity index (χ3v) is 10.9. The van der Waals surface area contributed by atoms with Crippen LogP contribution in [-0.2, 0) is 0 Å². The smallest absolute Gasteiger partial charge is 0.160 e. The minimum absolute atomic E-state index is 0.679. The van der Waals surface area contributed by atoms with Crippen LogP contribution in [-0.4, -0.2) is 19.1 Å². The molecule has 0 aliphatic carbocycles. The van der Waals surface area contributed by atoms with E-state index in [0.29, 0.717) is 5.82 Å². The molecule has 4 heteroatoms. The fourth-order valence-corrected chi connectivity index (χ4v) is 8.25. The van der Waals surface area contributed by atoms with Gasteiger partial charge in [0, 0.05) is 55.8 Å². The Kier molecular flexibility index (Phi) is 7.46. The molecule has 3 aromatic heterocycles. The number of para-hydroxylation sites is 2. The molecule has 4 nitrogen and oxygen atoms in total. The molecule has 0 bridgehead atoms. The van der Waals surface area contributed by atoms with Gasteiger partial charge >= 0.3 is 0 Å². The third-order valence-electron chi connectivity index (χ3n) is 10.9. The van der Waals surface area contributed by atoms with Crippen molar-refractivity contribution >= 4 is 43.5 Å². The minimum atomic E-state index is 0.679. The molecule has 3 heterocycles. The van der Waals surface area contributed by atoms with Crippen molar-refractivity contribution in [3.63, 3.8) is 0 Å². The predicted molar refractivity (Wildman–Crippen MR) is 232 cm³/mol. The van der Waals surface area contributed by atoms with E-state index in [1.165, 1.54) is 38.0 Å². The Morgan fingerprint density at radius 2 is 0.946 bits per heavy atom. The maximum atomic E-state index is 5.27. The van der Waals surface area contributed by atoms with Gasteiger partial charge in [0.05, 0.1) is 27.9 Å². The summed E-state index contributed by atoms with van der Waals surface area (Å²) in [6, 6.07) is 71.1. The number of fused-ring (bicyclic) bond motifs is 6. The van der Waals surface area contributed by atoms with Gasteiger partial charge in [-0.15, -0.1) is 0 Å². The van der Waals surface area contributed by atoms with Crippen LogP contribution in [0.3, 0.4) is 0 Å². The average molecular weight is 715 g/mol. The lowest BCUT2D eigenvalue weighted by molar-refractivity contribution is 1.13. The summed E-state index contributed by atoms with van der Waals surface area (Å²) in [6.07, 6.45) is 2.18. The van der Waals surface area contributed by atoms with E-state index < -0.39 is 0 Å². The molecule has 11 rings (SSSR count). The molecule has 0 fully saturated rings. The molecular formula is C52H34N4. The highest BCUT2D eigenvalue weighted by Gasteiger charge is 2.19. The fourth-order valence-electron chi connectivity index (χ4n) is 8.25. The van der Waals surface area contributed by atoms with Crippen LogP contribution in [0.1, 0.15) is 0 Å². The topological polar surface area (TPSA) is 35.6 Å². The van der Waals surface area contributed by atoms with E-state index in [1.54, 1.807) is 0 Å². The van der Waals surface area contributed by atoms with Gasteiger partial charge < -0.3 is 9.13 Å². The van der Waals surface area contributed by atoms with Gasteiger partial charge in [0.1, 0.15) is 0 Å². The first-order chi connectivity index (χ1) is 27.7. The van der Waals surface area contributed by atoms with Gasteiger partial charge in [0.2, 0.25) is 0 Å². The summed E-state index contributed by atoms with van der Waals surface area (Å²) in [5, 5.41) is 6.03. The number of aromatic nitrogens is 4. The molecule has 0 N–H and O–H groups in total. The van der Waals surface area contributed by atoms with Gasteiger partial charge in [0.25, 0.3) is 0 Å². The molecule has 0 saturated carbocycles. The molecule has 56 heavy (non-hydrogen) atoms. The summed E-state index contributed by atoms with van der Waals surface area (Å²) < 4.78 is 4.72. The molecule has 0 spiro atoms. The average Bonchev–Trinajstić information content (AvgIpc) is 3.85. The van der Waals surface area contributed by atoms with Crippen molar-refractivity contribution in [1.82, 2.24) is 19.1 Å². The largest absolute Gasteiger partial charge is 0.317 e. The standard InChI is InChI=1S/C52H34N4/c1-5-15-35(16-6-1)40-29-41(52-53-47(36-17-7-2-8-18-36)34-48(54-52)37-19-9-3-10-20-37)31-43(30-40)56-49-24-14-13-23-44(49)45-26-25-38-33-50-39(32-46(38)51(45)56)27-28-55(50)42-21-11-4-12-22-42/h1-34H. The first kappa shape index (κ1) is 31.9. The van der Waals surface area contributed by atoms with Crippen LogP contribution in [0.5, 0.6) is 0 Å². The van der Waals surface area contributed by atoms with Crippen LogP contribution in [0, 0.1) is 0 Å². The molecule has 8 aromatic carbocycles. The van der Waals surface area contributed by atoms with Crippen LogP contribution < -0.4 is 0 Å². The van der Waals surface area contributed by atoms with Crippen LogP contribution in [0.15, 0.2) is 206 Å². The minimum Gasteiger partial charge on any atom is -0.317 e. The van der Waals surface area contributed by atoms with Gasteiger partial charge in [-0.1, -0.05) is 140 Å². The van der Waals surface area contributed by atoms with E-state index in [9.17, 15) is 0 Å². The second-order valence-electron chi connectivity index (χ2n) is 14.3. The number of hydrogen-bond acceptors (Lipinski definition) is 2. The molecule has 0 saturated heterocycles. The maximum Gasteiger partial charge on any atom is 0.160 e. The predicted octanol–water partition coefficient (Wildman–Crippen LogP) is 13.3. The Morgan fingerprint density at radius 1 is 0.339 bits per heavy atom. The van der Waals surface area contributed by atoms with Crippen LogP contribution >= 0.6 is 0 Å². The lowest BCUT2D eigenvalue weighted by Gasteiger charge is -2.15. The van der Waals surface area contributed by atoms with E-state index >= 15 is 0 Å². The second kappa shape index (κ2) is 13.1. The van der Waals surface area contributed by atoms with E-state index in [-0.39, 0.29) is 0 Å². The Labute approximate surface area is 324 Å². The van der Waals surface area contributed by atoms with Gasteiger partial charge in [-0.3, -0.25) is 0 Å². The highest BCUT2D eigenvalue weighted by atomic mass is 15.0. The Morgan fingerprint density at radius 3 is 1.64 bits per heavy atom. The number of benzene rings is 8. The Hall–Kier alpha value is -7.56. The number of nitrogens with zero attached hydrogens (tertiary/aromatic N) is 4. The van der Waals surface area contributed by atoms with Crippen molar-refractivity contribution < 1.29 is 0 Å². The summed E-state index contributed by atoms with van der Waals surface area (Å²) >= 11 is 0. The molecule has 11 aromatic rings. The molecule has 0 aliphatic heterocycles. The zero-order valence-corrected chi connectivity index (χ0v) is 30.4. The van der Waals surface area contributed by atoms with Crippen molar-refractivity contribution in [2.24, 2.45) is 0 Å². The molecule has 0 radical (unpaired) electrons. The molecule has 0 unspecified atom stereocenters.